The summed E-state index contributed by atoms with van der Waals surface area (Å²) in [6, 6.07) is 2.22. The van der Waals surface area contributed by atoms with Crippen LogP contribution in [0.2, 0.25) is 0 Å². The molecular formula is C13H14F3NO5S. The fourth-order valence-electron chi connectivity index (χ4n) is 2.17. The van der Waals surface area contributed by atoms with Crippen molar-refractivity contribution < 1.29 is 35.7 Å². The van der Waals surface area contributed by atoms with E-state index in [0.717, 1.165) is 12.1 Å². The number of benzene rings is 1. The number of aliphatic carboxylic acids is 1. The van der Waals surface area contributed by atoms with Crippen LogP contribution in [0, 0.1) is 0 Å². The molecular weight excluding hydrogens is 339 g/mol. The van der Waals surface area contributed by atoms with Crippen LogP contribution in [0.3, 0.4) is 0 Å². The molecule has 1 heterocycles. The van der Waals surface area contributed by atoms with Crippen molar-refractivity contribution in [3.8, 4) is 0 Å². The third-order valence-corrected chi connectivity index (χ3v) is 4.78. The van der Waals surface area contributed by atoms with Crippen molar-refractivity contribution in [1.29, 1.82) is 0 Å². The van der Waals surface area contributed by atoms with Gasteiger partial charge in [-0.3, -0.25) is 8.98 Å². The van der Waals surface area contributed by atoms with E-state index in [4.69, 9.17) is 9.29 Å². The molecule has 2 N–H and O–H groups in total. The molecule has 0 aliphatic carbocycles. The first kappa shape index (κ1) is 17.7. The molecule has 2 rings (SSSR count). The van der Waals surface area contributed by atoms with Gasteiger partial charge in [-0.05, 0) is 37.1 Å². The van der Waals surface area contributed by atoms with E-state index in [1.807, 2.05) is 0 Å². The van der Waals surface area contributed by atoms with Gasteiger partial charge in [0, 0.05) is 6.54 Å². The summed E-state index contributed by atoms with van der Waals surface area (Å²) in [7, 11) is -4.21. The molecule has 2 atom stereocenters. The third kappa shape index (κ3) is 4.43. The SMILES string of the molecule is O=C(O)[C@@H]1CC[C@H](OS(=O)(=O)c2ccc(C(F)(F)F)cc2)CN1. The van der Waals surface area contributed by atoms with Crippen LogP contribution in [0.1, 0.15) is 18.4 Å². The Morgan fingerprint density at radius 3 is 2.26 bits per heavy atom. The van der Waals surface area contributed by atoms with Gasteiger partial charge >= 0.3 is 12.1 Å². The first-order chi connectivity index (χ1) is 10.6. The van der Waals surface area contributed by atoms with Gasteiger partial charge in [-0.15, -0.1) is 0 Å². The zero-order chi connectivity index (χ0) is 17.3. The van der Waals surface area contributed by atoms with Crippen molar-refractivity contribution in [2.24, 2.45) is 0 Å². The largest absolute Gasteiger partial charge is 0.480 e. The minimum atomic E-state index is -4.55. The molecule has 0 radical (unpaired) electrons. The van der Waals surface area contributed by atoms with Gasteiger partial charge in [0.05, 0.1) is 16.6 Å². The van der Waals surface area contributed by atoms with Crippen LogP contribution in [0.25, 0.3) is 0 Å². The van der Waals surface area contributed by atoms with Crippen LogP contribution in [0.5, 0.6) is 0 Å². The van der Waals surface area contributed by atoms with Gasteiger partial charge in [0.25, 0.3) is 10.1 Å². The molecule has 0 spiro atoms. The maximum atomic E-state index is 12.5. The molecule has 0 saturated carbocycles. The van der Waals surface area contributed by atoms with Crippen LogP contribution in [-0.2, 0) is 25.3 Å². The highest BCUT2D eigenvalue weighted by molar-refractivity contribution is 7.86. The van der Waals surface area contributed by atoms with Crippen molar-refractivity contribution in [2.75, 3.05) is 6.54 Å². The number of carboxylic acids is 1. The summed E-state index contributed by atoms with van der Waals surface area (Å²) in [5.41, 5.74) is -0.958. The van der Waals surface area contributed by atoms with Gasteiger partial charge < -0.3 is 10.4 Å². The van der Waals surface area contributed by atoms with Crippen molar-refractivity contribution >= 4 is 16.1 Å². The van der Waals surface area contributed by atoms with Crippen molar-refractivity contribution in [3.63, 3.8) is 0 Å². The summed E-state index contributed by atoms with van der Waals surface area (Å²) in [4.78, 5) is 10.4. The molecule has 1 fully saturated rings. The summed E-state index contributed by atoms with van der Waals surface area (Å²) >= 11 is 0. The minimum Gasteiger partial charge on any atom is -0.480 e. The number of rotatable bonds is 4. The predicted molar refractivity (Wildman–Crippen MR) is 72.2 cm³/mol. The topological polar surface area (TPSA) is 92.7 Å². The average Bonchev–Trinajstić information content (AvgIpc) is 2.46. The monoisotopic (exact) mass is 353 g/mol. The maximum absolute atomic E-state index is 12.5. The molecule has 1 aliphatic heterocycles. The van der Waals surface area contributed by atoms with Gasteiger partial charge in [-0.1, -0.05) is 0 Å². The number of nitrogens with one attached hydrogen (secondary N) is 1. The summed E-state index contributed by atoms with van der Waals surface area (Å²) in [5.74, 6) is -1.03. The zero-order valence-electron chi connectivity index (χ0n) is 11.7. The van der Waals surface area contributed by atoms with E-state index in [1.54, 1.807) is 0 Å². The summed E-state index contributed by atoms with van der Waals surface area (Å²) in [6.45, 7) is 0.0246. The first-order valence-electron chi connectivity index (χ1n) is 6.66. The lowest BCUT2D eigenvalue weighted by molar-refractivity contribution is -0.140. The Labute approximate surface area is 130 Å². The Bertz CT molecular complexity index is 664. The Balaban J connectivity index is 2.04. The van der Waals surface area contributed by atoms with Crippen LogP contribution in [0.15, 0.2) is 29.2 Å². The molecule has 23 heavy (non-hydrogen) atoms. The molecule has 6 nitrogen and oxygen atoms in total. The summed E-state index contributed by atoms with van der Waals surface area (Å²) < 4.78 is 66.4. The fraction of sp³-hybridized carbons (Fsp3) is 0.462. The zero-order valence-corrected chi connectivity index (χ0v) is 12.5. The maximum Gasteiger partial charge on any atom is 0.416 e. The molecule has 0 amide bonds. The van der Waals surface area contributed by atoms with Crippen molar-refractivity contribution in [1.82, 2.24) is 5.32 Å². The number of carbonyl (C=O) groups is 1. The lowest BCUT2D eigenvalue weighted by atomic mass is 10.0. The molecule has 128 valence electrons. The highest BCUT2D eigenvalue weighted by Gasteiger charge is 2.32. The van der Waals surface area contributed by atoms with E-state index in [0.29, 0.717) is 12.1 Å². The Kier molecular flexibility index (Phi) is 4.97. The van der Waals surface area contributed by atoms with E-state index in [-0.39, 0.29) is 24.3 Å². The van der Waals surface area contributed by atoms with Crippen molar-refractivity contribution in [2.45, 2.75) is 36.1 Å². The molecule has 1 aromatic rings. The molecule has 0 unspecified atom stereocenters. The Morgan fingerprint density at radius 1 is 1.22 bits per heavy atom. The van der Waals surface area contributed by atoms with Gasteiger partial charge in [-0.2, -0.15) is 21.6 Å². The van der Waals surface area contributed by atoms with Gasteiger partial charge in [0.1, 0.15) is 6.04 Å². The number of carboxylic acid groups (broad SMARTS) is 1. The minimum absolute atomic E-state index is 0.0246. The van der Waals surface area contributed by atoms with Crippen LogP contribution in [-0.4, -0.2) is 38.2 Å². The predicted octanol–water partition coefficient (Wildman–Crippen LogP) is 1.62. The Hall–Kier alpha value is -1.65. The molecule has 0 aromatic heterocycles. The van der Waals surface area contributed by atoms with E-state index >= 15 is 0 Å². The van der Waals surface area contributed by atoms with Gasteiger partial charge in [-0.25, -0.2) is 0 Å². The van der Waals surface area contributed by atoms with Crippen molar-refractivity contribution in [3.05, 3.63) is 29.8 Å². The third-order valence-electron chi connectivity index (χ3n) is 3.40. The molecule has 1 saturated heterocycles. The smallest absolute Gasteiger partial charge is 0.416 e. The summed E-state index contributed by atoms with van der Waals surface area (Å²) in [6.07, 6.45) is -4.91. The first-order valence-corrected chi connectivity index (χ1v) is 8.07. The molecule has 0 bridgehead atoms. The Morgan fingerprint density at radius 2 is 1.83 bits per heavy atom. The normalized spacial score (nSPS) is 22.7. The quantitative estimate of drug-likeness (QED) is 0.799. The molecule has 1 aliphatic rings. The van der Waals surface area contributed by atoms with Gasteiger partial charge in [0.15, 0.2) is 0 Å². The van der Waals surface area contributed by atoms with E-state index in [1.165, 1.54) is 0 Å². The van der Waals surface area contributed by atoms with E-state index < -0.39 is 40.0 Å². The lowest BCUT2D eigenvalue weighted by Crippen LogP contribution is -2.47. The molecule has 1 aromatic carbocycles. The van der Waals surface area contributed by atoms with E-state index in [9.17, 15) is 26.4 Å². The second-order valence-electron chi connectivity index (χ2n) is 5.07. The highest BCUT2D eigenvalue weighted by atomic mass is 32.2. The number of halogens is 3. The van der Waals surface area contributed by atoms with Crippen LogP contribution < -0.4 is 5.32 Å². The number of piperidine rings is 1. The highest BCUT2D eigenvalue weighted by Crippen LogP contribution is 2.30. The second-order valence-corrected chi connectivity index (χ2v) is 6.64. The second kappa shape index (κ2) is 6.46. The summed E-state index contributed by atoms with van der Waals surface area (Å²) in [5, 5.41) is 11.4. The molecule has 10 heteroatoms. The fourth-order valence-corrected chi connectivity index (χ4v) is 3.27. The number of alkyl halides is 3. The number of hydrogen-bond donors (Lipinski definition) is 2. The lowest BCUT2D eigenvalue weighted by Gasteiger charge is -2.26. The van der Waals surface area contributed by atoms with Crippen LogP contribution in [0.4, 0.5) is 13.2 Å². The van der Waals surface area contributed by atoms with Crippen LogP contribution >= 0.6 is 0 Å². The standard InChI is InChI=1S/C13H14F3NO5S/c14-13(15,16)8-1-4-10(5-2-8)23(20,21)22-9-3-6-11(12(18)19)17-7-9/h1-2,4-5,9,11,17H,3,6-7H2,(H,18,19)/t9-,11-/m0/s1. The average molecular weight is 353 g/mol. The van der Waals surface area contributed by atoms with Gasteiger partial charge in [0.2, 0.25) is 0 Å². The van der Waals surface area contributed by atoms with E-state index in [2.05, 4.69) is 5.32 Å². The number of hydrogen-bond acceptors (Lipinski definition) is 5.